The van der Waals surface area contributed by atoms with Crippen LogP contribution in [0.2, 0.25) is 0 Å². The van der Waals surface area contributed by atoms with E-state index in [0.29, 0.717) is 11.5 Å². The van der Waals surface area contributed by atoms with E-state index in [1.807, 2.05) is 0 Å². The summed E-state index contributed by atoms with van der Waals surface area (Å²) in [6, 6.07) is 3.99. The topological polar surface area (TPSA) is 15.3 Å². The van der Waals surface area contributed by atoms with Crippen molar-refractivity contribution in [3.8, 4) is 0 Å². The smallest absolute Gasteiger partial charge is 0.130 e. The Labute approximate surface area is 138 Å². The van der Waals surface area contributed by atoms with Crippen LogP contribution < -0.4 is 5.32 Å². The van der Waals surface area contributed by atoms with Crippen molar-refractivity contribution in [2.24, 2.45) is 5.92 Å². The van der Waals surface area contributed by atoms with Gasteiger partial charge in [-0.2, -0.15) is 0 Å². The Bertz CT molecular complexity index is 426. The van der Waals surface area contributed by atoms with Crippen LogP contribution in [0.1, 0.15) is 31.9 Å². The van der Waals surface area contributed by atoms with Crippen LogP contribution in [0, 0.1) is 17.6 Å². The fourth-order valence-corrected chi connectivity index (χ4v) is 2.79. The van der Waals surface area contributed by atoms with Crippen molar-refractivity contribution in [3.05, 3.63) is 35.4 Å². The average Bonchev–Trinajstić information content (AvgIpc) is 2.42. The molecule has 1 heterocycles. The Morgan fingerprint density at radius 2 is 1.81 bits per heavy atom. The lowest BCUT2D eigenvalue weighted by Crippen LogP contribution is -2.46. The van der Waals surface area contributed by atoms with Gasteiger partial charge in [0.05, 0.1) is 0 Å². The van der Waals surface area contributed by atoms with Crippen molar-refractivity contribution >= 4 is 24.8 Å². The molecule has 1 aromatic carbocycles. The molecule has 2 atom stereocenters. The maximum Gasteiger partial charge on any atom is 0.130 e. The summed E-state index contributed by atoms with van der Waals surface area (Å²) in [6.45, 7) is 7.92. The molecule has 1 fully saturated rings. The van der Waals surface area contributed by atoms with Crippen molar-refractivity contribution in [1.82, 2.24) is 10.2 Å². The molecular weight excluding hydrogens is 317 g/mol. The number of rotatable bonds is 4. The number of nitrogens with one attached hydrogen (secondary N) is 1. The first-order valence-electron chi connectivity index (χ1n) is 7.03. The Hall–Kier alpha value is -0.420. The Balaban J connectivity index is 0.00000200. The quantitative estimate of drug-likeness (QED) is 0.896. The minimum absolute atomic E-state index is 0. The molecule has 1 N–H and O–H groups in total. The number of halogens is 4. The highest BCUT2D eigenvalue weighted by molar-refractivity contribution is 5.85. The van der Waals surface area contributed by atoms with E-state index in [1.165, 1.54) is 6.07 Å². The first-order chi connectivity index (χ1) is 9.13. The molecule has 1 aliphatic heterocycles. The maximum atomic E-state index is 14.1. The van der Waals surface area contributed by atoms with Crippen LogP contribution in [0.25, 0.3) is 0 Å². The summed E-state index contributed by atoms with van der Waals surface area (Å²) in [5.74, 6) is -0.591. The molecule has 21 heavy (non-hydrogen) atoms. The van der Waals surface area contributed by atoms with Crippen LogP contribution in [0.3, 0.4) is 0 Å². The molecule has 1 saturated heterocycles. The third kappa shape index (κ3) is 5.06. The van der Waals surface area contributed by atoms with Crippen LogP contribution in [-0.4, -0.2) is 31.1 Å². The van der Waals surface area contributed by atoms with Crippen LogP contribution in [0.5, 0.6) is 0 Å². The molecule has 0 aromatic heterocycles. The third-order valence-electron chi connectivity index (χ3n) is 4.01. The molecule has 1 aliphatic rings. The fraction of sp³-hybridized carbons (Fsp3) is 0.600. The van der Waals surface area contributed by atoms with Gasteiger partial charge in [-0.15, -0.1) is 24.8 Å². The zero-order chi connectivity index (χ0) is 13.8. The predicted octanol–water partition coefficient (Wildman–Crippen LogP) is 3.80. The monoisotopic (exact) mass is 340 g/mol. The third-order valence-corrected chi connectivity index (χ3v) is 4.01. The summed E-state index contributed by atoms with van der Waals surface area (Å²) in [7, 11) is 0. The molecule has 0 amide bonds. The van der Waals surface area contributed by atoms with Gasteiger partial charge in [0.1, 0.15) is 11.6 Å². The summed E-state index contributed by atoms with van der Waals surface area (Å²) < 4.78 is 27.1. The molecule has 0 aliphatic carbocycles. The summed E-state index contributed by atoms with van der Waals surface area (Å²) in [5, 5.41) is 3.31. The molecule has 1 unspecified atom stereocenters. The zero-order valence-corrected chi connectivity index (χ0v) is 14.1. The highest BCUT2D eigenvalue weighted by atomic mass is 35.5. The number of benzene rings is 1. The van der Waals surface area contributed by atoms with E-state index in [2.05, 4.69) is 24.1 Å². The van der Waals surface area contributed by atoms with Crippen LogP contribution in [0.4, 0.5) is 8.78 Å². The zero-order valence-electron chi connectivity index (χ0n) is 12.4. The second-order valence-corrected chi connectivity index (χ2v) is 5.28. The maximum absolute atomic E-state index is 14.1. The number of hydrogen-bond donors (Lipinski definition) is 1. The molecule has 0 spiro atoms. The van der Waals surface area contributed by atoms with Gasteiger partial charge in [-0.25, -0.2) is 8.78 Å². The minimum atomic E-state index is -0.510. The fourth-order valence-electron chi connectivity index (χ4n) is 2.79. The highest BCUT2D eigenvalue weighted by Crippen LogP contribution is 2.32. The number of nitrogens with zero attached hydrogens (tertiary/aromatic N) is 1. The average molecular weight is 341 g/mol. The standard InChI is InChI=1S/C15H22F2N2.2ClH/c1-3-11(2)15(19-8-6-18-7-9-19)13-5-4-12(16)10-14(13)17;;/h4-5,10-11,15,18H,3,6-9H2,1-2H3;2*1H/t11?,15-;;/m0../s1. The summed E-state index contributed by atoms with van der Waals surface area (Å²) in [6.07, 6.45) is 0.978. The van der Waals surface area contributed by atoms with Gasteiger partial charge >= 0.3 is 0 Å². The van der Waals surface area contributed by atoms with E-state index in [4.69, 9.17) is 0 Å². The highest BCUT2D eigenvalue weighted by Gasteiger charge is 2.28. The van der Waals surface area contributed by atoms with Gasteiger partial charge in [-0.05, 0) is 12.0 Å². The van der Waals surface area contributed by atoms with Gasteiger partial charge in [0, 0.05) is 43.9 Å². The van der Waals surface area contributed by atoms with Crippen LogP contribution >= 0.6 is 24.8 Å². The molecule has 2 rings (SSSR count). The van der Waals surface area contributed by atoms with E-state index in [9.17, 15) is 8.78 Å². The molecule has 2 nitrogen and oxygen atoms in total. The van der Waals surface area contributed by atoms with Crippen molar-refractivity contribution in [3.63, 3.8) is 0 Å². The SMILES string of the molecule is CCC(C)[C@@H](c1ccc(F)cc1F)N1CCNCC1.Cl.Cl. The van der Waals surface area contributed by atoms with Gasteiger partial charge in [0.25, 0.3) is 0 Å². The molecule has 6 heteroatoms. The summed E-state index contributed by atoms with van der Waals surface area (Å²) in [4.78, 5) is 2.31. The molecule has 0 saturated carbocycles. The molecule has 0 bridgehead atoms. The van der Waals surface area contributed by atoms with Crippen LogP contribution in [-0.2, 0) is 0 Å². The lowest BCUT2D eigenvalue weighted by Gasteiger charge is -2.38. The van der Waals surface area contributed by atoms with Crippen LogP contribution in [0.15, 0.2) is 18.2 Å². The lowest BCUT2D eigenvalue weighted by atomic mass is 9.90. The Kier molecular flexibility index (Phi) is 9.38. The largest absolute Gasteiger partial charge is 0.314 e. The predicted molar refractivity (Wildman–Crippen MR) is 87.5 cm³/mol. The van der Waals surface area contributed by atoms with Gasteiger partial charge < -0.3 is 5.32 Å². The Morgan fingerprint density at radius 1 is 1.19 bits per heavy atom. The molecular formula is C15H24Cl2F2N2. The number of piperazine rings is 1. The Morgan fingerprint density at radius 3 is 2.33 bits per heavy atom. The van der Waals surface area contributed by atoms with E-state index in [0.717, 1.165) is 38.7 Å². The summed E-state index contributed by atoms with van der Waals surface area (Å²) in [5.41, 5.74) is 0.623. The van der Waals surface area contributed by atoms with E-state index >= 15 is 0 Å². The second-order valence-electron chi connectivity index (χ2n) is 5.28. The van der Waals surface area contributed by atoms with Crippen molar-refractivity contribution in [1.29, 1.82) is 0 Å². The molecule has 0 radical (unpaired) electrons. The minimum Gasteiger partial charge on any atom is -0.314 e. The first-order valence-corrected chi connectivity index (χ1v) is 7.03. The van der Waals surface area contributed by atoms with Crippen molar-refractivity contribution in [2.75, 3.05) is 26.2 Å². The van der Waals surface area contributed by atoms with Gasteiger partial charge in [0.2, 0.25) is 0 Å². The van der Waals surface area contributed by atoms with Crippen molar-refractivity contribution in [2.45, 2.75) is 26.3 Å². The van der Waals surface area contributed by atoms with E-state index in [1.54, 1.807) is 6.07 Å². The molecule has 122 valence electrons. The summed E-state index contributed by atoms with van der Waals surface area (Å²) >= 11 is 0. The first kappa shape index (κ1) is 20.6. The van der Waals surface area contributed by atoms with Gasteiger partial charge in [0.15, 0.2) is 0 Å². The second kappa shape index (κ2) is 9.57. The molecule has 1 aromatic rings. The van der Waals surface area contributed by atoms with Crippen molar-refractivity contribution < 1.29 is 8.78 Å². The number of hydrogen-bond acceptors (Lipinski definition) is 2. The van der Waals surface area contributed by atoms with Gasteiger partial charge in [-0.1, -0.05) is 26.3 Å². The van der Waals surface area contributed by atoms with Gasteiger partial charge in [-0.3, -0.25) is 4.90 Å². The normalized spacial score (nSPS) is 18.3. The van der Waals surface area contributed by atoms with E-state index in [-0.39, 0.29) is 30.9 Å². The van der Waals surface area contributed by atoms with E-state index < -0.39 is 11.6 Å². The lowest BCUT2D eigenvalue weighted by molar-refractivity contribution is 0.125.